The summed E-state index contributed by atoms with van der Waals surface area (Å²) in [6.07, 6.45) is 7.36. The molecule has 2 saturated carbocycles. The highest BCUT2D eigenvalue weighted by Crippen LogP contribution is 2.51. The summed E-state index contributed by atoms with van der Waals surface area (Å²) in [7, 11) is 2.13. The van der Waals surface area contributed by atoms with E-state index in [9.17, 15) is 0 Å². The van der Waals surface area contributed by atoms with Gasteiger partial charge >= 0.3 is 0 Å². The number of hydrogen-bond acceptors (Lipinski definition) is 1. The summed E-state index contributed by atoms with van der Waals surface area (Å²) in [5.41, 5.74) is 4.44. The maximum absolute atomic E-state index is 3.59. The molecule has 0 saturated heterocycles. The summed E-state index contributed by atoms with van der Waals surface area (Å²) in [4.78, 5) is 0. The molecular formula is C18H27N. The Labute approximate surface area is 117 Å². The molecule has 0 amide bonds. The van der Waals surface area contributed by atoms with E-state index in [1.165, 1.54) is 43.2 Å². The van der Waals surface area contributed by atoms with Crippen LogP contribution in [0.25, 0.3) is 0 Å². The summed E-state index contributed by atoms with van der Waals surface area (Å²) in [5.74, 6) is 3.06. The molecule has 0 aliphatic heterocycles. The first kappa shape index (κ1) is 13.2. The van der Waals surface area contributed by atoms with Gasteiger partial charge in [-0.1, -0.05) is 24.6 Å². The summed E-state index contributed by atoms with van der Waals surface area (Å²) in [6, 6.07) is 7.24. The van der Waals surface area contributed by atoms with Gasteiger partial charge in [0.05, 0.1) is 0 Å². The van der Waals surface area contributed by atoms with Crippen molar-refractivity contribution in [2.75, 3.05) is 7.05 Å². The zero-order valence-electron chi connectivity index (χ0n) is 12.6. The molecule has 0 spiro atoms. The van der Waals surface area contributed by atoms with Gasteiger partial charge in [-0.15, -0.1) is 0 Å². The van der Waals surface area contributed by atoms with E-state index in [4.69, 9.17) is 0 Å². The molecule has 3 rings (SSSR count). The van der Waals surface area contributed by atoms with Crippen molar-refractivity contribution in [2.45, 2.75) is 52.0 Å². The highest BCUT2D eigenvalue weighted by atomic mass is 14.9. The largest absolute Gasteiger partial charge is 0.313 e. The van der Waals surface area contributed by atoms with Gasteiger partial charge in [0.2, 0.25) is 0 Å². The van der Waals surface area contributed by atoms with Gasteiger partial charge in [-0.3, -0.25) is 0 Å². The molecule has 0 heterocycles. The number of benzene rings is 1. The van der Waals surface area contributed by atoms with E-state index in [2.05, 4.69) is 44.4 Å². The van der Waals surface area contributed by atoms with Crippen molar-refractivity contribution in [2.24, 2.45) is 17.8 Å². The van der Waals surface area contributed by atoms with Gasteiger partial charge in [0, 0.05) is 6.04 Å². The van der Waals surface area contributed by atoms with Crippen molar-refractivity contribution in [3.8, 4) is 0 Å². The van der Waals surface area contributed by atoms with Gasteiger partial charge in [0.25, 0.3) is 0 Å². The van der Waals surface area contributed by atoms with E-state index in [-0.39, 0.29) is 0 Å². The van der Waals surface area contributed by atoms with Crippen LogP contribution in [0, 0.1) is 31.6 Å². The van der Waals surface area contributed by atoms with Crippen molar-refractivity contribution in [1.82, 2.24) is 5.32 Å². The van der Waals surface area contributed by atoms with Crippen molar-refractivity contribution < 1.29 is 0 Å². The van der Waals surface area contributed by atoms with Crippen LogP contribution in [0.5, 0.6) is 0 Å². The molecule has 1 aromatic carbocycles. The van der Waals surface area contributed by atoms with Crippen LogP contribution >= 0.6 is 0 Å². The fraction of sp³-hybridized carbons (Fsp3) is 0.667. The molecule has 104 valence electrons. The minimum Gasteiger partial charge on any atom is -0.313 e. The first-order chi connectivity index (χ1) is 9.19. The second kappa shape index (κ2) is 5.28. The third-order valence-corrected chi connectivity index (χ3v) is 5.66. The molecule has 0 radical (unpaired) electrons. The van der Waals surface area contributed by atoms with Crippen LogP contribution in [0.15, 0.2) is 18.2 Å². The van der Waals surface area contributed by atoms with Crippen molar-refractivity contribution in [1.29, 1.82) is 0 Å². The zero-order valence-corrected chi connectivity index (χ0v) is 12.6. The number of rotatable bonds is 4. The molecule has 2 aliphatic rings. The molecule has 1 N–H and O–H groups in total. The molecule has 2 fully saturated rings. The second-order valence-electron chi connectivity index (χ2n) is 6.82. The SMILES string of the molecule is CNC(CC1CC2CCC1C2)c1c(C)cccc1C. The fourth-order valence-corrected chi connectivity index (χ4v) is 4.72. The van der Waals surface area contributed by atoms with Gasteiger partial charge in [-0.2, -0.15) is 0 Å². The standard InChI is InChI=1S/C18H27N/c1-12-5-4-6-13(2)18(12)17(19-3)11-16-10-14-7-8-15(16)9-14/h4-6,14-17,19H,7-11H2,1-3H3. The Morgan fingerprint density at radius 2 is 1.89 bits per heavy atom. The Morgan fingerprint density at radius 1 is 1.16 bits per heavy atom. The van der Waals surface area contributed by atoms with E-state index in [0.717, 1.165) is 17.8 Å². The van der Waals surface area contributed by atoms with Crippen LogP contribution < -0.4 is 5.32 Å². The quantitative estimate of drug-likeness (QED) is 0.843. The van der Waals surface area contributed by atoms with Gasteiger partial charge in [0.15, 0.2) is 0 Å². The molecule has 4 unspecified atom stereocenters. The van der Waals surface area contributed by atoms with Crippen molar-refractivity contribution in [3.05, 3.63) is 34.9 Å². The van der Waals surface area contributed by atoms with Crippen LogP contribution in [0.1, 0.15) is 54.8 Å². The van der Waals surface area contributed by atoms with Gasteiger partial charge in [-0.25, -0.2) is 0 Å². The molecule has 2 bridgehead atoms. The predicted octanol–water partition coefficient (Wildman–Crippen LogP) is 4.39. The normalized spacial score (nSPS) is 30.8. The smallest absolute Gasteiger partial charge is 0.0325 e. The lowest BCUT2D eigenvalue weighted by molar-refractivity contribution is 0.283. The van der Waals surface area contributed by atoms with E-state index in [1.54, 1.807) is 5.56 Å². The molecular weight excluding hydrogens is 230 g/mol. The van der Waals surface area contributed by atoms with Crippen LogP contribution in [0.2, 0.25) is 0 Å². The van der Waals surface area contributed by atoms with Crippen LogP contribution in [0.4, 0.5) is 0 Å². The number of fused-ring (bicyclic) bond motifs is 2. The number of aryl methyl sites for hydroxylation is 2. The molecule has 1 aromatic rings. The molecule has 19 heavy (non-hydrogen) atoms. The summed E-state index contributed by atoms with van der Waals surface area (Å²) in [6.45, 7) is 4.51. The zero-order chi connectivity index (χ0) is 13.4. The van der Waals surface area contributed by atoms with Crippen molar-refractivity contribution in [3.63, 3.8) is 0 Å². The summed E-state index contributed by atoms with van der Waals surface area (Å²) in [5, 5.41) is 3.59. The third-order valence-electron chi connectivity index (χ3n) is 5.66. The first-order valence-electron chi connectivity index (χ1n) is 7.92. The molecule has 1 heteroatoms. The van der Waals surface area contributed by atoms with E-state index in [0.29, 0.717) is 6.04 Å². The lowest BCUT2D eigenvalue weighted by Gasteiger charge is -2.28. The third kappa shape index (κ3) is 2.45. The molecule has 1 nitrogen and oxygen atoms in total. The van der Waals surface area contributed by atoms with Crippen molar-refractivity contribution >= 4 is 0 Å². The fourth-order valence-electron chi connectivity index (χ4n) is 4.72. The number of nitrogens with one attached hydrogen (secondary N) is 1. The number of hydrogen-bond donors (Lipinski definition) is 1. The minimum atomic E-state index is 0.547. The maximum atomic E-state index is 3.59. The Morgan fingerprint density at radius 3 is 2.42 bits per heavy atom. The topological polar surface area (TPSA) is 12.0 Å². The minimum absolute atomic E-state index is 0.547. The second-order valence-corrected chi connectivity index (χ2v) is 6.82. The van der Waals surface area contributed by atoms with Gasteiger partial charge in [0.1, 0.15) is 0 Å². The lowest BCUT2D eigenvalue weighted by Crippen LogP contribution is -2.24. The van der Waals surface area contributed by atoms with Gasteiger partial charge in [-0.05, 0) is 81.0 Å². The molecule has 2 aliphatic carbocycles. The average Bonchev–Trinajstić information content (AvgIpc) is 2.99. The Kier molecular flexibility index (Phi) is 3.66. The maximum Gasteiger partial charge on any atom is 0.0325 e. The predicted molar refractivity (Wildman–Crippen MR) is 81.3 cm³/mol. The van der Waals surface area contributed by atoms with E-state index in [1.807, 2.05) is 0 Å². The Bertz CT molecular complexity index is 431. The van der Waals surface area contributed by atoms with Gasteiger partial charge < -0.3 is 5.32 Å². The highest BCUT2D eigenvalue weighted by molar-refractivity contribution is 5.36. The summed E-state index contributed by atoms with van der Waals surface area (Å²) < 4.78 is 0. The monoisotopic (exact) mass is 257 g/mol. The van der Waals surface area contributed by atoms with Crippen LogP contribution in [-0.2, 0) is 0 Å². The highest BCUT2D eigenvalue weighted by Gasteiger charge is 2.40. The Hall–Kier alpha value is -0.820. The Balaban J connectivity index is 1.77. The lowest BCUT2D eigenvalue weighted by atomic mass is 9.81. The molecule has 0 aromatic heterocycles. The average molecular weight is 257 g/mol. The van der Waals surface area contributed by atoms with E-state index >= 15 is 0 Å². The first-order valence-corrected chi connectivity index (χ1v) is 7.92. The van der Waals surface area contributed by atoms with Crippen LogP contribution in [-0.4, -0.2) is 7.05 Å². The van der Waals surface area contributed by atoms with Crippen LogP contribution in [0.3, 0.4) is 0 Å². The summed E-state index contributed by atoms with van der Waals surface area (Å²) >= 11 is 0. The molecule has 4 atom stereocenters. The van der Waals surface area contributed by atoms with E-state index < -0.39 is 0 Å².